The van der Waals surface area contributed by atoms with E-state index in [2.05, 4.69) is 0 Å². The lowest BCUT2D eigenvalue weighted by Gasteiger charge is -2.08. The van der Waals surface area contributed by atoms with Crippen molar-refractivity contribution >= 4 is 21.5 Å². The van der Waals surface area contributed by atoms with Crippen molar-refractivity contribution in [1.82, 2.24) is 9.13 Å². The molecule has 38 heavy (non-hydrogen) atoms. The summed E-state index contributed by atoms with van der Waals surface area (Å²) >= 11 is 0. The van der Waals surface area contributed by atoms with Crippen molar-refractivity contribution in [3.63, 3.8) is 0 Å². The van der Waals surface area contributed by atoms with Gasteiger partial charge in [0.05, 0.1) is 34.6 Å². The number of aryl methyl sites for hydroxylation is 4. The van der Waals surface area contributed by atoms with Crippen LogP contribution in [-0.2, 0) is 13.1 Å². The van der Waals surface area contributed by atoms with Crippen molar-refractivity contribution in [2.24, 2.45) is 0 Å². The van der Waals surface area contributed by atoms with Gasteiger partial charge in [-0.25, -0.2) is 0 Å². The molecule has 2 aromatic heterocycles. The number of hydrogen-bond acceptors (Lipinski definition) is 6. The third-order valence-corrected chi connectivity index (χ3v) is 7.18. The number of aromatic nitrogens is 2. The molecule has 0 atom stereocenters. The van der Waals surface area contributed by atoms with Gasteiger partial charge in [-0.05, 0) is 86.3 Å². The Morgan fingerprint density at radius 2 is 0.842 bits per heavy atom. The quantitative estimate of drug-likeness (QED) is 0.317. The lowest BCUT2D eigenvalue weighted by atomic mass is 10.1. The second-order valence-electron chi connectivity index (χ2n) is 9.66. The molecule has 0 aliphatic rings. The highest BCUT2D eigenvalue weighted by Gasteiger charge is 2.19. The van der Waals surface area contributed by atoms with Gasteiger partial charge < -0.3 is 9.47 Å². The van der Waals surface area contributed by atoms with Gasteiger partial charge in [0.15, 0.2) is 0 Å². The molecule has 0 aliphatic heterocycles. The van der Waals surface area contributed by atoms with E-state index in [9.17, 15) is 19.2 Å². The monoisotopic (exact) mass is 512 g/mol. The minimum atomic E-state index is -0.506. The molecule has 0 saturated heterocycles. The van der Waals surface area contributed by atoms with Crippen molar-refractivity contribution in [3.8, 4) is 11.5 Å². The van der Waals surface area contributed by atoms with Crippen LogP contribution < -0.4 is 31.7 Å². The van der Waals surface area contributed by atoms with Gasteiger partial charge in [0.25, 0.3) is 22.2 Å². The van der Waals surface area contributed by atoms with E-state index in [0.29, 0.717) is 11.5 Å². The first-order chi connectivity index (χ1) is 18.2. The van der Waals surface area contributed by atoms with Crippen molar-refractivity contribution in [3.05, 3.63) is 112 Å². The van der Waals surface area contributed by atoms with Gasteiger partial charge in [0.1, 0.15) is 24.7 Å². The maximum absolute atomic E-state index is 13.0. The third-order valence-electron chi connectivity index (χ3n) is 7.18. The zero-order valence-electron chi connectivity index (χ0n) is 21.8. The Morgan fingerprint density at radius 3 is 1.16 bits per heavy atom. The number of benzene rings is 3. The third kappa shape index (κ3) is 4.42. The molecular formula is C30H28N2O6. The molecule has 8 heteroatoms. The maximum atomic E-state index is 13.0. The molecule has 2 heterocycles. The van der Waals surface area contributed by atoms with E-state index >= 15 is 0 Å². The Morgan fingerprint density at radius 1 is 0.500 bits per heavy atom. The topological polar surface area (TPSA) is 96.6 Å². The zero-order valence-corrected chi connectivity index (χ0v) is 21.8. The van der Waals surface area contributed by atoms with Crippen LogP contribution in [0.1, 0.15) is 22.3 Å². The van der Waals surface area contributed by atoms with E-state index in [1.54, 1.807) is 0 Å². The van der Waals surface area contributed by atoms with Gasteiger partial charge in [-0.15, -0.1) is 0 Å². The summed E-state index contributed by atoms with van der Waals surface area (Å²) in [4.78, 5) is 52.1. The summed E-state index contributed by atoms with van der Waals surface area (Å²) < 4.78 is 13.6. The van der Waals surface area contributed by atoms with Crippen LogP contribution in [-0.4, -0.2) is 22.3 Å². The Labute approximate surface area is 218 Å². The van der Waals surface area contributed by atoms with Crippen molar-refractivity contribution in [2.45, 2.75) is 40.8 Å². The fourth-order valence-electron chi connectivity index (χ4n) is 4.60. The fraction of sp³-hybridized carbons (Fsp3) is 0.267. The molecule has 0 fully saturated rings. The first-order valence-corrected chi connectivity index (χ1v) is 12.5. The first-order valence-electron chi connectivity index (χ1n) is 12.5. The van der Waals surface area contributed by atoms with E-state index in [4.69, 9.17) is 9.47 Å². The van der Waals surface area contributed by atoms with E-state index < -0.39 is 22.2 Å². The minimum Gasteiger partial charge on any atom is -0.492 e. The van der Waals surface area contributed by atoms with Gasteiger partial charge in [-0.1, -0.05) is 12.1 Å². The SMILES string of the molecule is Cc1ccc(OCCn2c(=O)c3cc4c(=O)n(CCOc5ccc(C)c(C)c5)c(=O)c4cc3c2=O)cc1C. The summed E-state index contributed by atoms with van der Waals surface area (Å²) in [5.74, 6) is 1.31. The first kappa shape index (κ1) is 25.2. The predicted octanol–water partition coefficient (Wildman–Crippen LogP) is 3.30. The maximum Gasteiger partial charge on any atom is 0.261 e. The Kier molecular flexibility index (Phi) is 6.48. The molecule has 5 aromatic rings. The fourth-order valence-corrected chi connectivity index (χ4v) is 4.60. The van der Waals surface area contributed by atoms with Crippen LogP contribution in [0.2, 0.25) is 0 Å². The Hall–Kier alpha value is -4.46. The normalized spacial score (nSPS) is 11.5. The van der Waals surface area contributed by atoms with E-state index in [-0.39, 0.29) is 47.8 Å². The molecule has 0 saturated carbocycles. The summed E-state index contributed by atoms with van der Waals surface area (Å²) in [5.41, 5.74) is 2.42. The molecule has 0 spiro atoms. The highest BCUT2D eigenvalue weighted by molar-refractivity contribution is 5.97. The highest BCUT2D eigenvalue weighted by atomic mass is 16.5. The van der Waals surface area contributed by atoms with Crippen LogP contribution in [0.5, 0.6) is 11.5 Å². The van der Waals surface area contributed by atoms with Gasteiger partial charge in [-0.2, -0.15) is 0 Å². The summed E-state index contributed by atoms with van der Waals surface area (Å²) in [6.07, 6.45) is 0. The van der Waals surface area contributed by atoms with Crippen molar-refractivity contribution in [1.29, 1.82) is 0 Å². The molecule has 0 amide bonds. The van der Waals surface area contributed by atoms with E-state index in [0.717, 1.165) is 31.4 Å². The molecule has 8 nitrogen and oxygen atoms in total. The van der Waals surface area contributed by atoms with Crippen LogP contribution in [0, 0.1) is 27.7 Å². The van der Waals surface area contributed by atoms with E-state index in [1.807, 2.05) is 64.1 Å². The highest BCUT2D eigenvalue weighted by Crippen LogP contribution is 2.18. The number of rotatable bonds is 8. The summed E-state index contributed by atoms with van der Waals surface area (Å²) in [7, 11) is 0. The molecule has 0 bridgehead atoms. The molecule has 0 N–H and O–H groups in total. The molecule has 0 unspecified atom stereocenters. The Bertz CT molecular complexity index is 1690. The van der Waals surface area contributed by atoms with Crippen LogP contribution in [0.25, 0.3) is 21.5 Å². The predicted molar refractivity (Wildman–Crippen MR) is 148 cm³/mol. The molecule has 3 aromatic carbocycles. The van der Waals surface area contributed by atoms with Crippen LogP contribution >= 0.6 is 0 Å². The lowest BCUT2D eigenvalue weighted by Crippen LogP contribution is -2.28. The van der Waals surface area contributed by atoms with Crippen LogP contribution in [0.3, 0.4) is 0 Å². The average Bonchev–Trinajstić information content (AvgIpc) is 3.27. The average molecular weight is 513 g/mol. The summed E-state index contributed by atoms with van der Waals surface area (Å²) in [6, 6.07) is 14.1. The summed E-state index contributed by atoms with van der Waals surface area (Å²) in [6.45, 7) is 8.31. The Balaban J connectivity index is 1.38. The van der Waals surface area contributed by atoms with Crippen molar-refractivity contribution in [2.75, 3.05) is 13.2 Å². The number of nitrogens with zero attached hydrogens (tertiary/aromatic N) is 2. The van der Waals surface area contributed by atoms with Crippen LogP contribution in [0.15, 0.2) is 67.7 Å². The van der Waals surface area contributed by atoms with Crippen LogP contribution in [0.4, 0.5) is 0 Å². The van der Waals surface area contributed by atoms with Crippen molar-refractivity contribution < 1.29 is 9.47 Å². The molecule has 5 rings (SSSR count). The molecule has 194 valence electrons. The smallest absolute Gasteiger partial charge is 0.261 e. The van der Waals surface area contributed by atoms with Gasteiger partial charge in [0.2, 0.25) is 0 Å². The second kappa shape index (κ2) is 9.78. The number of fused-ring (bicyclic) bond motifs is 2. The number of hydrogen-bond donors (Lipinski definition) is 0. The zero-order chi connectivity index (χ0) is 27.1. The van der Waals surface area contributed by atoms with Gasteiger partial charge in [0, 0.05) is 0 Å². The number of ether oxygens (including phenoxy) is 2. The van der Waals surface area contributed by atoms with Gasteiger partial charge >= 0.3 is 0 Å². The second-order valence-corrected chi connectivity index (χ2v) is 9.66. The molecule has 0 radical (unpaired) electrons. The standard InChI is InChI=1S/C30H28N2O6/c1-17-5-7-21(13-19(17)3)37-11-9-31-27(33)23-15-25-26(16-24(23)28(31)34)30(36)32(29(25)35)10-12-38-22-8-6-18(2)20(4)14-22/h5-8,13-16H,9-12H2,1-4H3. The summed E-state index contributed by atoms with van der Waals surface area (Å²) in [5, 5.41) is 0.479. The lowest BCUT2D eigenvalue weighted by molar-refractivity contribution is 0.295. The van der Waals surface area contributed by atoms with E-state index in [1.165, 1.54) is 12.1 Å². The van der Waals surface area contributed by atoms with Gasteiger partial charge in [-0.3, -0.25) is 28.3 Å². The molecular weight excluding hydrogens is 484 g/mol. The largest absolute Gasteiger partial charge is 0.492 e. The minimum absolute atomic E-state index is 0.0494. The molecule has 0 aliphatic carbocycles.